The number of nitrogens with one attached hydrogen (secondary N) is 1. The van der Waals surface area contributed by atoms with Crippen LogP contribution in [0.2, 0.25) is 0 Å². The van der Waals surface area contributed by atoms with Crippen molar-refractivity contribution in [1.82, 2.24) is 0 Å². The molecule has 94 valence electrons. The van der Waals surface area contributed by atoms with E-state index in [0.29, 0.717) is 6.54 Å². The predicted octanol–water partition coefficient (Wildman–Crippen LogP) is 4.13. The van der Waals surface area contributed by atoms with E-state index in [0.717, 1.165) is 10.2 Å². The highest BCUT2D eigenvalue weighted by molar-refractivity contribution is 9.10. The Balaban J connectivity index is 2.11. The summed E-state index contributed by atoms with van der Waals surface area (Å²) >= 11 is 5.04. The molecule has 0 saturated heterocycles. The van der Waals surface area contributed by atoms with Gasteiger partial charge in [-0.2, -0.15) is 0 Å². The third kappa shape index (κ3) is 3.34. The summed E-state index contributed by atoms with van der Waals surface area (Å²) in [5, 5.41) is 12.2. The van der Waals surface area contributed by atoms with Crippen molar-refractivity contribution in [3.8, 4) is 0 Å². The molecule has 0 fully saturated rings. The van der Waals surface area contributed by atoms with Gasteiger partial charge in [0.05, 0.1) is 5.56 Å². The van der Waals surface area contributed by atoms with Crippen LogP contribution < -0.4 is 5.32 Å². The molecule has 18 heavy (non-hydrogen) atoms. The molecule has 0 spiro atoms. The second-order valence-electron chi connectivity index (χ2n) is 3.90. The lowest BCUT2D eigenvalue weighted by molar-refractivity contribution is 0.0697. The molecule has 0 aliphatic heterocycles. The predicted molar refractivity (Wildman–Crippen MR) is 77.5 cm³/mol. The van der Waals surface area contributed by atoms with Gasteiger partial charge in [0.2, 0.25) is 0 Å². The molecule has 2 rings (SSSR count). The average molecular weight is 326 g/mol. The Labute approximate surface area is 118 Å². The molecule has 1 aromatic heterocycles. The quantitative estimate of drug-likeness (QED) is 0.888. The average Bonchev–Trinajstić information content (AvgIpc) is 2.72. The molecular weight excluding hydrogens is 314 g/mol. The van der Waals surface area contributed by atoms with Gasteiger partial charge >= 0.3 is 5.97 Å². The zero-order chi connectivity index (χ0) is 13.1. The smallest absolute Gasteiger partial charge is 0.335 e. The fourth-order valence-electron chi connectivity index (χ4n) is 1.58. The third-order valence-electron chi connectivity index (χ3n) is 2.41. The van der Waals surface area contributed by atoms with Crippen LogP contribution in [-0.2, 0) is 6.54 Å². The van der Waals surface area contributed by atoms with Crippen LogP contribution in [0.15, 0.2) is 34.8 Å². The zero-order valence-electron chi connectivity index (χ0n) is 9.74. The van der Waals surface area contributed by atoms with Crippen molar-refractivity contribution in [2.45, 2.75) is 13.5 Å². The molecule has 0 bridgehead atoms. The third-order valence-corrected chi connectivity index (χ3v) is 3.87. The SMILES string of the molecule is Cc1ccc(CNc2cc(Br)cc(C(=O)O)c2)s1. The van der Waals surface area contributed by atoms with Gasteiger partial charge in [0.1, 0.15) is 0 Å². The number of rotatable bonds is 4. The van der Waals surface area contributed by atoms with Crippen LogP contribution in [0.3, 0.4) is 0 Å². The molecule has 3 nitrogen and oxygen atoms in total. The van der Waals surface area contributed by atoms with Crippen LogP contribution in [0.25, 0.3) is 0 Å². The summed E-state index contributed by atoms with van der Waals surface area (Å²) in [6, 6.07) is 9.23. The van der Waals surface area contributed by atoms with Crippen molar-refractivity contribution < 1.29 is 9.90 Å². The van der Waals surface area contributed by atoms with E-state index in [9.17, 15) is 4.79 Å². The minimum atomic E-state index is -0.925. The largest absolute Gasteiger partial charge is 0.478 e. The van der Waals surface area contributed by atoms with Crippen molar-refractivity contribution in [2.75, 3.05) is 5.32 Å². The maximum absolute atomic E-state index is 10.9. The maximum atomic E-state index is 10.9. The lowest BCUT2D eigenvalue weighted by Crippen LogP contribution is -2.01. The molecule has 0 aliphatic rings. The number of hydrogen-bond donors (Lipinski definition) is 2. The van der Waals surface area contributed by atoms with Crippen LogP contribution in [0.4, 0.5) is 5.69 Å². The van der Waals surface area contributed by atoms with Crippen LogP contribution in [0.1, 0.15) is 20.1 Å². The summed E-state index contributed by atoms with van der Waals surface area (Å²) in [4.78, 5) is 13.4. The molecule has 5 heteroatoms. The van der Waals surface area contributed by atoms with Gasteiger partial charge in [0.25, 0.3) is 0 Å². The maximum Gasteiger partial charge on any atom is 0.335 e. The highest BCUT2D eigenvalue weighted by Crippen LogP contribution is 2.22. The summed E-state index contributed by atoms with van der Waals surface area (Å²) in [5.41, 5.74) is 1.07. The molecule has 0 aliphatic carbocycles. The number of thiophene rings is 1. The highest BCUT2D eigenvalue weighted by atomic mass is 79.9. The Morgan fingerprint density at radius 1 is 1.39 bits per heavy atom. The van der Waals surface area contributed by atoms with E-state index in [2.05, 4.69) is 40.3 Å². The molecule has 0 radical (unpaired) electrons. The van der Waals surface area contributed by atoms with Gasteiger partial charge in [0.15, 0.2) is 0 Å². The number of aryl methyl sites for hydroxylation is 1. The first-order valence-corrected chi connectivity index (χ1v) is 6.98. The van der Waals surface area contributed by atoms with E-state index in [1.54, 1.807) is 23.5 Å². The standard InChI is InChI=1S/C13H12BrNO2S/c1-8-2-3-12(18-8)7-15-11-5-9(13(16)17)4-10(14)6-11/h2-6,15H,7H2,1H3,(H,16,17). The first-order valence-electron chi connectivity index (χ1n) is 5.37. The zero-order valence-corrected chi connectivity index (χ0v) is 12.1. The molecule has 2 aromatic rings. The number of carbonyl (C=O) groups is 1. The molecule has 2 N–H and O–H groups in total. The summed E-state index contributed by atoms with van der Waals surface area (Å²) < 4.78 is 0.757. The fourth-order valence-corrected chi connectivity index (χ4v) is 2.91. The van der Waals surface area contributed by atoms with E-state index in [1.807, 2.05) is 6.07 Å². The fraction of sp³-hybridized carbons (Fsp3) is 0.154. The number of benzene rings is 1. The van der Waals surface area contributed by atoms with Crippen molar-refractivity contribution in [3.05, 3.63) is 50.1 Å². The lowest BCUT2D eigenvalue weighted by Gasteiger charge is -2.07. The number of anilines is 1. The van der Waals surface area contributed by atoms with Crippen molar-refractivity contribution in [3.63, 3.8) is 0 Å². The second-order valence-corrected chi connectivity index (χ2v) is 6.19. The van der Waals surface area contributed by atoms with Crippen LogP contribution in [-0.4, -0.2) is 11.1 Å². The van der Waals surface area contributed by atoms with Crippen molar-refractivity contribution in [2.24, 2.45) is 0 Å². The van der Waals surface area contributed by atoms with Crippen molar-refractivity contribution in [1.29, 1.82) is 0 Å². The van der Waals surface area contributed by atoms with Crippen LogP contribution in [0.5, 0.6) is 0 Å². The summed E-state index contributed by atoms with van der Waals surface area (Å²) in [7, 11) is 0. The van der Waals surface area contributed by atoms with E-state index in [1.165, 1.54) is 9.75 Å². The van der Waals surface area contributed by atoms with Crippen LogP contribution >= 0.6 is 27.3 Å². The molecule has 0 unspecified atom stereocenters. The van der Waals surface area contributed by atoms with Gasteiger partial charge in [-0.3, -0.25) is 0 Å². The summed E-state index contributed by atoms with van der Waals surface area (Å²) in [6.45, 7) is 2.77. The number of aromatic carboxylic acids is 1. The minimum absolute atomic E-state index is 0.272. The first-order chi connectivity index (χ1) is 8.54. The van der Waals surface area contributed by atoms with Gasteiger partial charge in [-0.25, -0.2) is 4.79 Å². The Hall–Kier alpha value is -1.33. The van der Waals surface area contributed by atoms with E-state index in [-0.39, 0.29) is 5.56 Å². The Kier molecular flexibility index (Phi) is 4.04. The minimum Gasteiger partial charge on any atom is -0.478 e. The second kappa shape index (κ2) is 5.54. The van der Waals surface area contributed by atoms with Gasteiger partial charge in [-0.05, 0) is 37.3 Å². The number of carboxylic acid groups (broad SMARTS) is 1. The van der Waals surface area contributed by atoms with Gasteiger partial charge in [-0.15, -0.1) is 11.3 Å². The Bertz CT molecular complexity index is 580. The topological polar surface area (TPSA) is 49.3 Å². The first kappa shape index (κ1) is 13.1. The molecule has 0 amide bonds. The Morgan fingerprint density at radius 2 is 2.17 bits per heavy atom. The monoisotopic (exact) mass is 325 g/mol. The van der Waals surface area contributed by atoms with E-state index in [4.69, 9.17) is 5.11 Å². The van der Waals surface area contributed by atoms with Crippen molar-refractivity contribution >= 4 is 38.9 Å². The van der Waals surface area contributed by atoms with E-state index >= 15 is 0 Å². The van der Waals surface area contributed by atoms with Gasteiger partial charge in [-0.1, -0.05) is 15.9 Å². The number of halogens is 1. The number of carboxylic acids is 1. The normalized spacial score (nSPS) is 10.3. The molecule has 1 aromatic carbocycles. The van der Waals surface area contributed by atoms with E-state index < -0.39 is 5.97 Å². The van der Waals surface area contributed by atoms with Gasteiger partial charge < -0.3 is 10.4 Å². The lowest BCUT2D eigenvalue weighted by atomic mass is 10.2. The molecule has 0 saturated carbocycles. The Morgan fingerprint density at radius 3 is 2.78 bits per heavy atom. The number of hydrogen-bond acceptors (Lipinski definition) is 3. The highest BCUT2D eigenvalue weighted by Gasteiger charge is 2.06. The molecule has 0 atom stereocenters. The molecule has 1 heterocycles. The molecular formula is C13H12BrNO2S. The summed E-state index contributed by atoms with van der Waals surface area (Å²) in [6.07, 6.45) is 0. The summed E-state index contributed by atoms with van der Waals surface area (Å²) in [5.74, 6) is -0.925. The van der Waals surface area contributed by atoms with Crippen LogP contribution in [0, 0.1) is 6.92 Å². The van der Waals surface area contributed by atoms with Gasteiger partial charge in [0, 0.05) is 26.5 Å².